The molecule has 0 bridgehead atoms. The average Bonchev–Trinajstić information content (AvgIpc) is 2.75. The molecule has 0 amide bonds. The molecule has 2 aliphatic rings. The Labute approximate surface area is 117 Å². The fraction of sp³-hybridized carbons (Fsp3) is 1.00. The molecule has 1 atom stereocenters. The Bertz CT molecular complexity index is 245. The van der Waals surface area contributed by atoms with E-state index in [0.29, 0.717) is 4.75 Å². The van der Waals surface area contributed by atoms with Crippen molar-refractivity contribution in [1.29, 1.82) is 0 Å². The molecular formula is C15H30N2S. The Morgan fingerprint density at radius 1 is 1.11 bits per heavy atom. The van der Waals surface area contributed by atoms with E-state index in [4.69, 9.17) is 0 Å². The van der Waals surface area contributed by atoms with Crippen LogP contribution in [0.1, 0.15) is 46.0 Å². The SMILES string of the molecule is CCC(CC)(CN1CCCN2CCCC2C1)SC. The molecule has 2 rings (SSSR count). The second-order valence-corrected chi connectivity index (χ2v) is 7.29. The molecule has 18 heavy (non-hydrogen) atoms. The molecule has 2 nitrogen and oxygen atoms in total. The minimum atomic E-state index is 0.494. The van der Waals surface area contributed by atoms with Gasteiger partial charge < -0.3 is 4.90 Å². The molecule has 1 unspecified atom stereocenters. The van der Waals surface area contributed by atoms with E-state index >= 15 is 0 Å². The maximum absolute atomic E-state index is 2.76. The molecule has 106 valence electrons. The van der Waals surface area contributed by atoms with Crippen molar-refractivity contribution in [3.63, 3.8) is 0 Å². The lowest BCUT2D eigenvalue weighted by molar-refractivity contribution is 0.204. The summed E-state index contributed by atoms with van der Waals surface area (Å²) >= 11 is 2.09. The lowest BCUT2D eigenvalue weighted by atomic mass is 10.0. The molecule has 0 radical (unpaired) electrons. The fourth-order valence-corrected chi connectivity index (χ4v) is 4.55. The third-order valence-corrected chi connectivity index (χ3v) is 6.69. The lowest BCUT2D eigenvalue weighted by Crippen LogP contribution is -2.44. The Morgan fingerprint density at radius 2 is 1.83 bits per heavy atom. The second-order valence-electron chi connectivity index (χ2n) is 6.01. The second kappa shape index (κ2) is 6.62. The van der Waals surface area contributed by atoms with Gasteiger partial charge in [-0.15, -0.1) is 0 Å². The quantitative estimate of drug-likeness (QED) is 0.758. The zero-order chi connectivity index (χ0) is 13.0. The minimum Gasteiger partial charge on any atom is -0.300 e. The van der Waals surface area contributed by atoms with Crippen molar-refractivity contribution >= 4 is 11.8 Å². The Balaban J connectivity index is 1.95. The van der Waals surface area contributed by atoms with Gasteiger partial charge in [0.2, 0.25) is 0 Å². The first kappa shape index (κ1) is 14.7. The number of nitrogens with zero attached hydrogens (tertiary/aromatic N) is 2. The van der Waals surface area contributed by atoms with Crippen LogP contribution in [0.3, 0.4) is 0 Å². The number of fused-ring (bicyclic) bond motifs is 1. The molecule has 2 saturated heterocycles. The first-order valence-corrected chi connectivity index (χ1v) is 8.97. The number of rotatable bonds is 5. The highest BCUT2D eigenvalue weighted by atomic mass is 32.2. The summed E-state index contributed by atoms with van der Waals surface area (Å²) in [7, 11) is 0. The highest BCUT2D eigenvalue weighted by Crippen LogP contribution is 2.32. The molecule has 0 saturated carbocycles. The molecule has 2 aliphatic heterocycles. The first-order chi connectivity index (χ1) is 8.73. The summed E-state index contributed by atoms with van der Waals surface area (Å²) in [6.45, 7) is 11.3. The Hall–Kier alpha value is 0.270. The van der Waals surface area contributed by atoms with Crippen LogP contribution in [0, 0.1) is 0 Å². The van der Waals surface area contributed by atoms with Crippen molar-refractivity contribution in [2.75, 3.05) is 39.0 Å². The van der Waals surface area contributed by atoms with Gasteiger partial charge in [-0.3, -0.25) is 4.90 Å². The molecule has 0 spiro atoms. The van der Waals surface area contributed by atoms with Gasteiger partial charge >= 0.3 is 0 Å². The molecule has 0 aromatic heterocycles. The van der Waals surface area contributed by atoms with E-state index < -0.39 is 0 Å². The van der Waals surface area contributed by atoms with Crippen LogP contribution < -0.4 is 0 Å². The van der Waals surface area contributed by atoms with Crippen LogP contribution in [0.2, 0.25) is 0 Å². The smallest absolute Gasteiger partial charge is 0.0279 e. The van der Waals surface area contributed by atoms with Crippen molar-refractivity contribution in [3.05, 3.63) is 0 Å². The van der Waals surface area contributed by atoms with Crippen LogP contribution in [-0.2, 0) is 0 Å². The van der Waals surface area contributed by atoms with E-state index in [-0.39, 0.29) is 0 Å². The van der Waals surface area contributed by atoms with Crippen LogP contribution in [0.15, 0.2) is 0 Å². The zero-order valence-electron chi connectivity index (χ0n) is 12.5. The summed E-state index contributed by atoms with van der Waals surface area (Å²) in [6, 6.07) is 0.862. The Kier molecular flexibility index (Phi) is 5.40. The largest absolute Gasteiger partial charge is 0.300 e. The summed E-state index contributed by atoms with van der Waals surface area (Å²) in [4.78, 5) is 5.50. The first-order valence-electron chi connectivity index (χ1n) is 7.74. The van der Waals surface area contributed by atoms with Gasteiger partial charge in [-0.2, -0.15) is 11.8 Å². The standard InChI is InChI=1S/C15H30N2S/c1-4-15(5-2,18-3)13-16-9-7-11-17-10-6-8-14(17)12-16/h14H,4-13H2,1-3H3. The van der Waals surface area contributed by atoms with Gasteiger partial charge in [0.05, 0.1) is 0 Å². The monoisotopic (exact) mass is 270 g/mol. The van der Waals surface area contributed by atoms with Crippen molar-refractivity contribution in [2.24, 2.45) is 0 Å². The van der Waals surface area contributed by atoms with Gasteiger partial charge in [0, 0.05) is 23.9 Å². The third-order valence-electron chi connectivity index (χ3n) is 5.12. The molecule has 3 heteroatoms. The molecule has 0 aromatic rings. The number of thioether (sulfide) groups is 1. The van der Waals surface area contributed by atoms with Crippen molar-refractivity contribution in [2.45, 2.75) is 56.7 Å². The lowest BCUT2D eigenvalue weighted by Gasteiger charge is -2.36. The highest BCUT2D eigenvalue weighted by molar-refractivity contribution is 8.00. The predicted molar refractivity (Wildman–Crippen MR) is 82.5 cm³/mol. The van der Waals surface area contributed by atoms with Crippen molar-refractivity contribution < 1.29 is 0 Å². The average molecular weight is 270 g/mol. The minimum absolute atomic E-state index is 0.494. The van der Waals surface area contributed by atoms with Crippen LogP contribution in [0.5, 0.6) is 0 Å². The van der Waals surface area contributed by atoms with E-state index in [1.165, 1.54) is 64.8 Å². The van der Waals surface area contributed by atoms with Crippen LogP contribution in [0.25, 0.3) is 0 Å². The van der Waals surface area contributed by atoms with Gasteiger partial charge in [-0.25, -0.2) is 0 Å². The molecule has 0 aromatic carbocycles. The fourth-order valence-electron chi connectivity index (χ4n) is 3.66. The summed E-state index contributed by atoms with van der Waals surface area (Å²) in [5.41, 5.74) is 0. The van der Waals surface area contributed by atoms with E-state index in [1.807, 2.05) is 0 Å². The number of hydrogen-bond donors (Lipinski definition) is 0. The molecule has 2 fully saturated rings. The van der Waals surface area contributed by atoms with Crippen LogP contribution in [-0.4, -0.2) is 59.6 Å². The predicted octanol–water partition coefficient (Wildman–Crippen LogP) is 3.08. The molecule has 2 heterocycles. The van der Waals surface area contributed by atoms with Gasteiger partial charge in [0.25, 0.3) is 0 Å². The number of hydrogen-bond acceptors (Lipinski definition) is 3. The third kappa shape index (κ3) is 3.23. The summed E-state index contributed by atoms with van der Waals surface area (Å²) in [6.07, 6.45) is 9.13. The normalized spacial score (nSPS) is 27.2. The summed E-state index contributed by atoms with van der Waals surface area (Å²) in [5, 5.41) is 0. The van der Waals surface area contributed by atoms with Gasteiger partial charge in [-0.05, 0) is 58.0 Å². The van der Waals surface area contributed by atoms with Gasteiger partial charge in [-0.1, -0.05) is 13.8 Å². The molecule has 0 N–H and O–H groups in total. The zero-order valence-corrected chi connectivity index (χ0v) is 13.3. The topological polar surface area (TPSA) is 6.48 Å². The maximum atomic E-state index is 2.76. The van der Waals surface area contributed by atoms with E-state index in [0.717, 1.165) is 6.04 Å². The van der Waals surface area contributed by atoms with Crippen LogP contribution in [0.4, 0.5) is 0 Å². The summed E-state index contributed by atoms with van der Waals surface area (Å²) in [5.74, 6) is 0. The van der Waals surface area contributed by atoms with E-state index in [9.17, 15) is 0 Å². The highest BCUT2D eigenvalue weighted by Gasteiger charge is 2.33. The Morgan fingerprint density at radius 3 is 2.50 bits per heavy atom. The van der Waals surface area contributed by atoms with Gasteiger partial charge in [0.15, 0.2) is 0 Å². The van der Waals surface area contributed by atoms with E-state index in [2.05, 4.69) is 41.7 Å². The van der Waals surface area contributed by atoms with Gasteiger partial charge in [0.1, 0.15) is 0 Å². The maximum Gasteiger partial charge on any atom is 0.0279 e. The molecular weight excluding hydrogens is 240 g/mol. The van der Waals surface area contributed by atoms with Crippen molar-refractivity contribution in [3.8, 4) is 0 Å². The summed E-state index contributed by atoms with van der Waals surface area (Å²) < 4.78 is 0.494. The van der Waals surface area contributed by atoms with E-state index in [1.54, 1.807) is 0 Å². The van der Waals surface area contributed by atoms with Crippen LogP contribution >= 0.6 is 11.8 Å². The molecule has 0 aliphatic carbocycles. The van der Waals surface area contributed by atoms with Crippen molar-refractivity contribution in [1.82, 2.24) is 9.80 Å².